The summed E-state index contributed by atoms with van der Waals surface area (Å²) in [6.07, 6.45) is 2.09. The predicted octanol–water partition coefficient (Wildman–Crippen LogP) is 3.99. The second-order valence-electron chi connectivity index (χ2n) is 7.20. The number of carbonyl (C=O) groups is 1. The van der Waals surface area contributed by atoms with Crippen LogP contribution in [0.3, 0.4) is 0 Å². The van der Waals surface area contributed by atoms with E-state index in [1.54, 1.807) is 24.3 Å². The number of nitrogens with one attached hydrogen (secondary N) is 2. The molecule has 1 aliphatic rings. The van der Waals surface area contributed by atoms with Crippen LogP contribution in [0.5, 0.6) is 11.6 Å². The lowest BCUT2D eigenvalue weighted by atomic mass is 10.2. The number of rotatable bonds is 7. The number of amides is 1. The Kier molecular flexibility index (Phi) is 6.49. The average Bonchev–Trinajstić information content (AvgIpc) is 2.78. The molecule has 0 atom stereocenters. The van der Waals surface area contributed by atoms with E-state index in [1.807, 2.05) is 12.1 Å². The summed E-state index contributed by atoms with van der Waals surface area (Å²) in [5.74, 6) is 1.08. The minimum atomic E-state index is 0.219. The maximum Gasteiger partial charge on any atom is 0.243 e. The molecule has 0 saturated carbocycles. The highest BCUT2D eigenvalue weighted by Crippen LogP contribution is 2.30. The molecule has 0 aliphatic carbocycles. The number of halogens is 1. The van der Waals surface area contributed by atoms with Crippen LogP contribution < -0.4 is 20.3 Å². The van der Waals surface area contributed by atoms with E-state index >= 15 is 0 Å². The normalized spacial score (nSPS) is 14.2. The van der Waals surface area contributed by atoms with Crippen LogP contribution in [0.15, 0.2) is 54.7 Å². The Morgan fingerprint density at radius 1 is 1.06 bits per heavy atom. The van der Waals surface area contributed by atoms with Gasteiger partial charge in [0, 0.05) is 49.3 Å². The van der Waals surface area contributed by atoms with Gasteiger partial charge in [-0.1, -0.05) is 17.7 Å². The second-order valence-corrected chi connectivity index (χ2v) is 7.61. The number of likely N-dealkylation sites (N-methyl/N-ethyl adjacent to an activating group) is 1. The lowest BCUT2D eigenvalue weighted by Crippen LogP contribution is -2.44. The number of hydrogen-bond donors (Lipinski definition) is 2. The van der Waals surface area contributed by atoms with Crippen molar-refractivity contribution in [3.8, 4) is 11.6 Å². The molecular formula is C22H23ClN6O2. The van der Waals surface area contributed by atoms with Crippen molar-refractivity contribution < 1.29 is 9.53 Å². The maximum atomic E-state index is 10.6. The average molecular weight is 439 g/mol. The van der Waals surface area contributed by atoms with Crippen molar-refractivity contribution >= 4 is 41.0 Å². The molecule has 2 aromatic carbocycles. The maximum absolute atomic E-state index is 10.6. The molecule has 1 aliphatic heterocycles. The fourth-order valence-electron chi connectivity index (χ4n) is 3.26. The molecular weight excluding hydrogens is 416 g/mol. The topological polar surface area (TPSA) is 82.6 Å². The molecule has 0 spiro atoms. The fraction of sp³-hybridized carbons (Fsp3) is 0.227. The summed E-state index contributed by atoms with van der Waals surface area (Å²) in [7, 11) is 2.15. The van der Waals surface area contributed by atoms with Gasteiger partial charge in [-0.05, 0) is 43.4 Å². The van der Waals surface area contributed by atoms with Crippen molar-refractivity contribution in [2.24, 2.45) is 0 Å². The van der Waals surface area contributed by atoms with Crippen LogP contribution in [0, 0.1) is 0 Å². The van der Waals surface area contributed by atoms with Gasteiger partial charge in [0.2, 0.25) is 18.2 Å². The summed E-state index contributed by atoms with van der Waals surface area (Å²) in [5, 5.41) is 6.04. The molecule has 1 saturated heterocycles. The third kappa shape index (κ3) is 5.42. The smallest absolute Gasteiger partial charge is 0.243 e. The van der Waals surface area contributed by atoms with Crippen LogP contribution in [0.25, 0.3) is 0 Å². The molecule has 1 amide bonds. The number of anilines is 4. The lowest BCUT2D eigenvalue weighted by Gasteiger charge is -2.34. The van der Waals surface area contributed by atoms with Crippen LogP contribution in [0.4, 0.5) is 23.0 Å². The lowest BCUT2D eigenvalue weighted by molar-refractivity contribution is -0.105. The van der Waals surface area contributed by atoms with E-state index in [0.717, 1.165) is 31.9 Å². The Morgan fingerprint density at radius 2 is 1.84 bits per heavy atom. The van der Waals surface area contributed by atoms with Crippen molar-refractivity contribution in [3.63, 3.8) is 0 Å². The molecule has 0 radical (unpaired) electrons. The molecule has 2 N–H and O–H groups in total. The first-order chi connectivity index (χ1) is 15.1. The number of benzene rings is 2. The largest absolute Gasteiger partial charge is 0.437 e. The van der Waals surface area contributed by atoms with Gasteiger partial charge >= 0.3 is 0 Å². The third-order valence-electron chi connectivity index (χ3n) is 4.98. The number of aromatic nitrogens is 2. The van der Waals surface area contributed by atoms with E-state index in [0.29, 0.717) is 23.8 Å². The van der Waals surface area contributed by atoms with E-state index in [2.05, 4.69) is 49.6 Å². The van der Waals surface area contributed by atoms with Gasteiger partial charge in [0.1, 0.15) is 10.8 Å². The monoisotopic (exact) mass is 438 g/mol. The number of nitrogens with zero attached hydrogens (tertiary/aromatic N) is 4. The van der Waals surface area contributed by atoms with Crippen LogP contribution in [-0.2, 0) is 4.79 Å². The first kappa shape index (κ1) is 20.9. The first-order valence-corrected chi connectivity index (χ1v) is 10.3. The standard InChI is InChI=1S/C22H23ClN6O2/c1-28-9-11-29(12-10-28)18-7-5-16(6-8-18)26-22-24-14-20(23)21(27-22)31-19-4-2-3-17(13-19)25-15-30/h2-8,13-15H,9-12H2,1H3,(H,25,30)(H,24,26,27). The number of carbonyl (C=O) groups excluding carboxylic acids is 1. The zero-order chi connectivity index (χ0) is 21.6. The molecule has 8 nitrogen and oxygen atoms in total. The quantitative estimate of drug-likeness (QED) is 0.540. The Morgan fingerprint density at radius 3 is 2.58 bits per heavy atom. The summed E-state index contributed by atoms with van der Waals surface area (Å²) in [4.78, 5) is 24.0. The molecule has 0 bridgehead atoms. The number of ether oxygens (including phenoxy) is 1. The van der Waals surface area contributed by atoms with Crippen LogP contribution in [0.1, 0.15) is 0 Å². The minimum Gasteiger partial charge on any atom is -0.437 e. The molecule has 1 fully saturated rings. The van der Waals surface area contributed by atoms with E-state index < -0.39 is 0 Å². The van der Waals surface area contributed by atoms with Gasteiger partial charge in [-0.25, -0.2) is 4.98 Å². The predicted molar refractivity (Wildman–Crippen MR) is 123 cm³/mol. The zero-order valence-electron chi connectivity index (χ0n) is 17.1. The van der Waals surface area contributed by atoms with Crippen molar-refractivity contribution in [3.05, 3.63) is 59.8 Å². The molecule has 31 heavy (non-hydrogen) atoms. The number of piperazine rings is 1. The summed E-state index contributed by atoms with van der Waals surface area (Å²) in [5.41, 5.74) is 2.67. The Hall–Kier alpha value is -3.36. The molecule has 160 valence electrons. The van der Waals surface area contributed by atoms with Crippen LogP contribution in [-0.4, -0.2) is 54.5 Å². The van der Waals surface area contributed by atoms with Crippen LogP contribution >= 0.6 is 11.6 Å². The van der Waals surface area contributed by atoms with Gasteiger partial charge in [0.15, 0.2) is 0 Å². The summed E-state index contributed by atoms with van der Waals surface area (Å²) in [6.45, 7) is 4.17. The van der Waals surface area contributed by atoms with E-state index in [-0.39, 0.29) is 10.9 Å². The van der Waals surface area contributed by atoms with Crippen molar-refractivity contribution in [2.45, 2.75) is 0 Å². The van der Waals surface area contributed by atoms with Crippen LogP contribution in [0.2, 0.25) is 5.02 Å². The molecule has 1 aromatic heterocycles. The number of hydrogen-bond acceptors (Lipinski definition) is 7. The molecule has 0 unspecified atom stereocenters. The summed E-state index contributed by atoms with van der Waals surface area (Å²) >= 11 is 6.21. The Labute approximate surface area is 185 Å². The summed E-state index contributed by atoms with van der Waals surface area (Å²) < 4.78 is 5.79. The molecule has 9 heteroatoms. The zero-order valence-corrected chi connectivity index (χ0v) is 17.8. The Balaban J connectivity index is 1.44. The van der Waals surface area contributed by atoms with E-state index in [4.69, 9.17) is 16.3 Å². The minimum absolute atomic E-state index is 0.219. The van der Waals surface area contributed by atoms with E-state index in [9.17, 15) is 4.79 Å². The first-order valence-electron chi connectivity index (χ1n) is 9.92. The van der Waals surface area contributed by atoms with Crippen molar-refractivity contribution in [2.75, 3.05) is 48.8 Å². The Bertz CT molecular complexity index is 1040. The SMILES string of the molecule is CN1CCN(c2ccc(Nc3ncc(Cl)c(Oc4cccc(NC=O)c4)n3)cc2)CC1. The van der Waals surface area contributed by atoms with Crippen molar-refractivity contribution in [1.29, 1.82) is 0 Å². The second kappa shape index (κ2) is 9.63. The highest BCUT2D eigenvalue weighted by Gasteiger charge is 2.14. The van der Waals surface area contributed by atoms with Crippen molar-refractivity contribution in [1.82, 2.24) is 14.9 Å². The van der Waals surface area contributed by atoms with Gasteiger partial charge in [-0.15, -0.1) is 0 Å². The van der Waals surface area contributed by atoms with Gasteiger partial charge in [-0.3, -0.25) is 4.79 Å². The molecule has 4 rings (SSSR count). The highest BCUT2D eigenvalue weighted by atomic mass is 35.5. The molecule has 3 aromatic rings. The fourth-order valence-corrected chi connectivity index (χ4v) is 3.39. The third-order valence-corrected chi connectivity index (χ3v) is 5.24. The van der Waals surface area contributed by atoms with Gasteiger partial charge in [0.05, 0.1) is 6.20 Å². The summed E-state index contributed by atoms with van der Waals surface area (Å²) in [6, 6.07) is 15.1. The van der Waals surface area contributed by atoms with Gasteiger partial charge < -0.3 is 25.2 Å². The van der Waals surface area contributed by atoms with Gasteiger partial charge in [-0.2, -0.15) is 4.98 Å². The van der Waals surface area contributed by atoms with Gasteiger partial charge in [0.25, 0.3) is 0 Å². The molecule has 2 heterocycles. The highest BCUT2D eigenvalue weighted by molar-refractivity contribution is 6.31. The van der Waals surface area contributed by atoms with E-state index in [1.165, 1.54) is 11.9 Å².